The largest absolute Gasteiger partial charge is 0.462 e. The van der Waals surface area contributed by atoms with Crippen LogP contribution < -0.4 is 0 Å². The normalized spacial score (nSPS) is 11.9. The highest BCUT2D eigenvalue weighted by molar-refractivity contribution is 5.71. The molecule has 0 spiro atoms. The Bertz CT molecular complexity index is 857. The van der Waals surface area contributed by atoms with E-state index in [0.717, 1.165) is 63.7 Å². The monoisotopic (exact) mass is 807 g/mol. The molecule has 0 fully saturated rings. The van der Waals surface area contributed by atoms with Gasteiger partial charge in [-0.05, 0) is 25.2 Å². The highest BCUT2D eigenvalue weighted by Gasteiger charge is 2.19. The zero-order chi connectivity index (χ0) is 41.7. The third-order valence-electron chi connectivity index (χ3n) is 11.5. The summed E-state index contributed by atoms with van der Waals surface area (Å²) in [6, 6.07) is 0. The van der Waals surface area contributed by atoms with Gasteiger partial charge in [0.2, 0.25) is 0 Å². The van der Waals surface area contributed by atoms with E-state index in [2.05, 4.69) is 27.7 Å². The number of rotatable bonds is 46. The molecule has 338 valence electrons. The number of hydrogen-bond donors (Lipinski definition) is 0. The molecular formula is C51H98O6. The fraction of sp³-hybridized carbons (Fsp3) is 0.941. The van der Waals surface area contributed by atoms with Crippen LogP contribution in [0.4, 0.5) is 0 Å². The predicted molar refractivity (Wildman–Crippen MR) is 243 cm³/mol. The van der Waals surface area contributed by atoms with E-state index in [1.807, 2.05) is 0 Å². The maximum atomic E-state index is 12.8. The Kier molecular flexibility index (Phi) is 44.2. The summed E-state index contributed by atoms with van der Waals surface area (Å²) in [5.41, 5.74) is 0. The molecule has 0 aliphatic rings. The van der Waals surface area contributed by atoms with Crippen LogP contribution in [0.25, 0.3) is 0 Å². The Morgan fingerprint density at radius 1 is 0.333 bits per heavy atom. The van der Waals surface area contributed by atoms with Crippen molar-refractivity contribution in [2.24, 2.45) is 5.92 Å². The second-order valence-electron chi connectivity index (χ2n) is 17.9. The topological polar surface area (TPSA) is 78.9 Å². The van der Waals surface area contributed by atoms with Crippen molar-refractivity contribution in [3.63, 3.8) is 0 Å². The van der Waals surface area contributed by atoms with E-state index in [1.54, 1.807) is 0 Å². The number of carbonyl (C=O) groups excluding carboxylic acids is 3. The SMILES string of the molecule is CCCCCCCCCCCCCC(=O)OC[C@@H](COC(=O)CCCCCCCCCCCC)OC(=O)CCCCCCCCCCCCCCCCCC(C)C. The van der Waals surface area contributed by atoms with Crippen LogP contribution in [-0.2, 0) is 28.6 Å². The third kappa shape index (κ3) is 45.3. The number of carbonyl (C=O) groups is 3. The molecule has 0 bridgehead atoms. The van der Waals surface area contributed by atoms with Crippen LogP contribution in [-0.4, -0.2) is 37.2 Å². The fourth-order valence-electron chi connectivity index (χ4n) is 7.69. The maximum Gasteiger partial charge on any atom is 0.306 e. The van der Waals surface area contributed by atoms with E-state index < -0.39 is 6.10 Å². The number of hydrogen-bond acceptors (Lipinski definition) is 6. The Hall–Kier alpha value is -1.59. The molecule has 0 saturated carbocycles. The van der Waals surface area contributed by atoms with Crippen molar-refractivity contribution in [2.45, 2.75) is 291 Å². The molecule has 57 heavy (non-hydrogen) atoms. The molecule has 0 N–H and O–H groups in total. The van der Waals surface area contributed by atoms with E-state index in [4.69, 9.17) is 14.2 Å². The van der Waals surface area contributed by atoms with Crippen molar-refractivity contribution in [1.82, 2.24) is 0 Å². The van der Waals surface area contributed by atoms with Gasteiger partial charge in [-0.1, -0.05) is 246 Å². The summed E-state index contributed by atoms with van der Waals surface area (Å²) in [5, 5.41) is 0. The van der Waals surface area contributed by atoms with Gasteiger partial charge in [-0.25, -0.2) is 0 Å². The zero-order valence-corrected chi connectivity index (χ0v) is 38.8. The average Bonchev–Trinajstić information content (AvgIpc) is 3.19. The molecule has 0 aliphatic carbocycles. The van der Waals surface area contributed by atoms with Gasteiger partial charge >= 0.3 is 17.9 Å². The summed E-state index contributed by atoms with van der Waals surface area (Å²) in [7, 11) is 0. The van der Waals surface area contributed by atoms with Crippen LogP contribution in [0.5, 0.6) is 0 Å². The number of ether oxygens (including phenoxy) is 3. The van der Waals surface area contributed by atoms with Crippen molar-refractivity contribution in [3.05, 3.63) is 0 Å². The minimum absolute atomic E-state index is 0.0629. The first-order chi connectivity index (χ1) is 27.9. The van der Waals surface area contributed by atoms with Gasteiger partial charge in [0.25, 0.3) is 0 Å². The summed E-state index contributed by atoms with van der Waals surface area (Å²) < 4.78 is 16.8. The van der Waals surface area contributed by atoms with Gasteiger partial charge < -0.3 is 14.2 Å². The van der Waals surface area contributed by atoms with E-state index in [-0.39, 0.29) is 31.1 Å². The Balaban J connectivity index is 4.26. The summed E-state index contributed by atoms with van der Waals surface area (Å²) in [6.45, 7) is 9.02. The standard InChI is InChI=1S/C51H98O6/c1-5-7-9-11-13-15-22-27-31-35-39-43-50(53)56-46-48(45-55-49(52)42-38-34-30-26-16-14-12-10-8-6-2)57-51(54)44-40-36-32-28-24-21-19-17-18-20-23-25-29-33-37-41-47(3)4/h47-48H,5-46H2,1-4H3/t48-/m1/s1. The molecule has 0 unspecified atom stereocenters. The van der Waals surface area contributed by atoms with E-state index in [9.17, 15) is 14.4 Å². The molecule has 0 aromatic heterocycles. The maximum absolute atomic E-state index is 12.8. The van der Waals surface area contributed by atoms with Crippen LogP contribution in [0.15, 0.2) is 0 Å². The van der Waals surface area contributed by atoms with Gasteiger partial charge in [0.05, 0.1) is 0 Å². The molecule has 0 saturated heterocycles. The van der Waals surface area contributed by atoms with Gasteiger partial charge in [0.1, 0.15) is 13.2 Å². The summed E-state index contributed by atoms with van der Waals surface area (Å²) in [5.74, 6) is 0.000350. The second-order valence-corrected chi connectivity index (χ2v) is 17.9. The molecule has 6 heteroatoms. The fourth-order valence-corrected chi connectivity index (χ4v) is 7.69. The number of esters is 3. The molecule has 0 heterocycles. The van der Waals surface area contributed by atoms with Crippen molar-refractivity contribution >= 4 is 17.9 Å². The van der Waals surface area contributed by atoms with Crippen molar-refractivity contribution in [2.75, 3.05) is 13.2 Å². The van der Waals surface area contributed by atoms with Gasteiger partial charge in [-0.2, -0.15) is 0 Å². The molecule has 0 aliphatic heterocycles. The summed E-state index contributed by atoms with van der Waals surface area (Å²) in [4.78, 5) is 37.8. The average molecular weight is 807 g/mol. The van der Waals surface area contributed by atoms with Crippen LogP contribution >= 0.6 is 0 Å². The predicted octanol–water partition coefficient (Wildman–Crippen LogP) is 16.3. The Labute approximate surface area is 355 Å². The zero-order valence-electron chi connectivity index (χ0n) is 38.8. The van der Waals surface area contributed by atoms with Crippen LogP contribution in [0, 0.1) is 5.92 Å². The van der Waals surface area contributed by atoms with Crippen LogP contribution in [0.3, 0.4) is 0 Å². The third-order valence-corrected chi connectivity index (χ3v) is 11.5. The first-order valence-electron chi connectivity index (χ1n) is 25.4. The lowest BCUT2D eigenvalue weighted by Gasteiger charge is -2.18. The minimum atomic E-state index is -0.759. The molecule has 0 aromatic carbocycles. The molecule has 0 rings (SSSR count). The highest BCUT2D eigenvalue weighted by Crippen LogP contribution is 2.17. The molecule has 6 nitrogen and oxygen atoms in total. The molecule has 0 amide bonds. The van der Waals surface area contributed by atoms with E-state index in [1.165, 1.54) is 180 Å². The molecule has 1 atom stereocenters. The summed E-state index contributed by atoms with van der Waals surface area (Å²) in [6.07, 6.45) is 46.6. The van der Waals surface area contributed by atoms with E-state index >= 15 is 0 Å². The van der Waals surface area contributed by atoms with Crippen LogP contribution in [0.2, 0.25) is 0 Å². The van der Waals surface area contributed by atoms with Gasteiger partial charge in [-0.15, -0.1) is 0 Å². The second kappa shape index (κ2) is 45.5. The number of unbranched alkanes of at least 4 members (excludes halogenated alkanes) is 33. The van der Waals surface area contributed by atoms with Gasteiger partial charge in [0, 0.05) is 19.3 Å². The minimum Gasteiger partial charge on any atom is -0.462 e. The smallest absolute Gasteiger partial charge is 0.306 e. The lowest BCUT2D eigenvalue weighted by atomic mass is 10.0. The first kappa shape index (κ1) is 55.4. The van der Waals surface area contributed by atoms with Gasteiger partial charge in [0.15, 0.2) is 6.10 Å². The Morgan fingerprint density at radius 2 is 0.579 bits per heavy atom. The molecule has 0 radical (unpaired) electrons. The quantitative estimate of drug-likeness (QED) is 0.0346. The summed E-state index contributed by atoms with van der Waals surface area (Å²) >= 11 is 0. The molecular weight excluding hydrogens is 709 g/mol. The first-order valence-corrected chi connectivity index (χ1v) is 25.4. The highest BCUT2D eigenvalue weighted by atomic mass is 16.6. The van der Waals surface area contributed by atoms with Crippen molar-refractivity contribution in [3.8, 4) is 0 Å². The van der Waals surface area contributed by atoms with Crippen LogP contribution in [0.1, 0.15) is 285 Å². The van der Waals surface area contributed by atoms with Crippen molar-refractivity contribution < 1.29 is 28.6 Å². The Morgan fingerprint density at radius 3 is 0.860 bits per heavy atom. The van der Waals surface area contributed by atoms with Gasteiger partial charge in [-0.3, -0.25) is 14.4 Å². The lowest BCUT2D eigenvalue weighted by molar-refractivity contribution is -0.167. The van der Waals surface area contributed by atoms with Crippen molar-refractivity contribution in [1.29, 1.82) is 0 Å². The van der Waals surface area contributed by atoms with E-state index in [0.29, 0.717) is 19.3 Å². The molecule has 0 aromatic rings. The lowest BCUT2D eigenvalue weighted by Crippen LogP contribution is -2.30.